The number of rotatable bonds is 13. The quantitative estimate of drug-likeness (QED) is 0.198. The zero-order valence-electron chi connectivity index (χ0n) is 37.1. The molecule has 334 valence electrons. The third kappa shape index (κ3) is 7.32. The SMILES string of the molecule is CC[C@@H]1C[C@]1(CC(=O)[C@@H]1C[C@@]2(CN1C(=O)[C@@H](CC(=O)[C@@H](NC(=O)N1CCOCC1)C1CCCCC1)C(C)(C)C)C(C)(C)C21CCC1)C(=O)NS(=O)(=O)c1cccc2cc[nH]c12. The number of Topliss-reactive ketones (excluding diaryl/α,β-unsaturated/α-hetero) is 2. The number of aromatic amines is 1. The molecule has 4 aliphatic carbocycles. The molecule has 6 fully saturated rings. The third-order valence-electron chi connectivity index (χ3n) is 17.0. The highest BCUT2D eigenvalue weighted by atomic mass is 32.2. The summed E-state index contributed by atoms with van der Waals surface area (Å²) in [6.07, 6.45) is 10.7. The van der Waals surface area contributed by atoms with E-state index in [2.05, 4.69) is 28.9 Å². The molecule has 4 amide bonds. The number of aromatic nitrogens is 1. The Balaban J connectivity index is 1.06. The Morgan fingerprint density at radius 1 is 0.951 bits per heavy atom. The molecule has 3 heterocycles. The van der Waals surface area contributed by atoms with Crippen molar-refractivity contribution in [3.63, 3.8) is 0 Å². The van der Waals surface area contributed by atoms with Crippen LogP contribution in [0.5, 0.6) is 0 Å². The Morgan fingerprint density at radius 3 is 2.26 bits per heavy atom. The molecule has 2 aliphatic heterocycles. The minimum absolute atomic E-state index is 0.0178. The highest BCUT2D eigenvalue weighted by molar-refractivity contribution is 7.90. The summed E-state index contributed by atoms with van der Waals surface area (Å²) in [7, 11) is -4.29. The molecule has 1 aromatic heterocycles. The van der Waals surface area contributed by atoms with Crippen molar-refractivity contribution < 1.29 is 37.1 Å². The van der Waals surface area contributed by atoms with Crippen LogP contribution < -0.4 is 10.0 Å². The number of nitrogens with zero attached hydrogens (tertiary/aromatic N) is 2. The Hall–Kier alpha value is -3.78. The van der Waals surface area contributed by atoms with E-state index in [-0.39, 0.29) is 69.3 Å². The number of fused-ring (bicyclic) bond motifs is 2. The van der Waals surface area contributed by atoms with Gasteiger partial charge in [-0.2, -0.15) is 0 Å². The molecule has 2 saturated heterocycles. The van der Waals surface area contributed by atoms with E-state index in [4.69, 9.17) is 4.74 Å². The van der Waals surface area contributed by atoms with Crippen molar-refractivity contribution >= 4 is 50.3 Å². The number of hydrogen-bond acceptors (Lipinski definition) is 8. The minimum atomic E-state index is -4.29. The summed E-state index contributed by atoms with van der Waals surface area (Å²) in [6.45, 7) is 14.6. The number of morpholine rings is 1. The van der Waals surface area contributed by atoms with Gasteiger partial charge < -0.3 is 24.8 Å². The molecule has 2 aromatic rings. The highest BCUT2D eigenvalue weighted by Gasteiger charge is 2.85. The number of nitrogens with one attached hydrogen (secondary N) is 3. The monoisotopic (exact) mass is 861 g/mol. The Morgan fingerprint density at radius 2 is 1.66 bits per heavy atom. The number of benzene rings is 1. The van der Waals surface area contributed by atoms with E-state index in [9.17, 15) is 22.8 Å². The number of likely N-dealkylation sites (tertiary alicyclic amines) is 1. The van der Waals surface area contributed by atoms with Crippen molar-refractivity contribution in [2.45, 2.75) is 142 Å². The number of ketones is 2. The second kappa shape index (κ2) is 15.8. The number of carbonyl (C=O) groups excluding carboxylic acids is 5. The van der Waals surface area contributed by atoms with Crippen LogP contribution in [0.15, 0.2) is 35.4 Å². The first-order chi connectivity index (χ1) is 28.8. The van der Waals surface area contributed by atoms with Gasteiger partial charge in [0.05, 0.1) is 36.2 Å². The summed E-state index contributed by atoms with van der Waals surface area (Å²) in [6, 6.07) is 4.82. The predicted octanol–water partition coefficient (Wildman–Crippen LogP) is 6.76. The highest BCUT2D eigenvalue weighted by Crippen LogP contribution is 2.88. The molecule has 0 bridgehead atoms. The van der Waals surface area contributed by atoms with E-state index in [1.807, 2.05) is 27.7 Å². The average Bonchev–Trinajstić information content (AvgIpc) is 3.72. The van der Waals surface area contributed by atoms with Crippen LogP contribution in [-0.2, 0) is 33.9 Å². The van der Waals surface area contributed by atoms with Gasteiger partial charge in [-0.1, -0.05) is 85.8 Å². The van der Waals surface area contributed by atoms with E-state index in [1.54, 1.807) is 34.2 Å². The van der Waals surface area contributed by atoms with Crippen molar-refractivity contribution in [3.05, 3.63) is 30.5 Å². The van der Waals surface area contributed by atoms with Gasteiger partial charge in [0.2, 0.25) is 11.8 Å². The second-order valence-corrected chi connectivity index (χ2v) is 22.7. The number of para-hydroxylation sites is 1. The van der Waals surface area contributed by atoms with Gasteiger partial charge in [-0.3, -0.25) is 19.2 Å². The topological polar surface area (TPSA) is 175 Å². The fourth-order valence-corrected chi connectivity index (χ4v) is 14.1. The number of hydrogen-bond donors (Lipinski definition) is 3. The molecule has 14 heteroatoms. The van der Waals surface area contributed by atoms with E-state index in [1.165, 1.54) is 6.07 Å². The van der Waals surface area contributed by atoms with Crippen molar-refractivity contribution in [1.82, 2.24) is 24.8 Å². The van der Waals surface area contributed by atoms with Crippen molar-refractivity contribution in [1.29, 1.82) is 0 Å². The molecular weight excluding hydrogens is 795 g/mol. The van der Waals surface area contributed by atoms with Gasteiger partial charge in [0.15, 0.2) is 11.6 Å². The van der Waals surface area contributed by atoms with Gasteiger partial charge in [-0.05, 0) is 78.7 Å². The van der Waals surface area contributed by atoms with Crippen LogP contribution in [0.25, 0.3) is 10.9 Å². The van der Waals surface area contributed by atoms with Gasteiger partial charge in [-0.25, -0.2) is 17.9 Å². The van der Waals surface area contributed by atoms with Crippen LogP contribution in [0.4, 0.5) is 4.79 Å². The smallest absolute Gasteiger partial charge is 0.318 e. The van der Waals surface area contributed by atoms with Crippen LogP contribution in [0.3, 0.4) is 0 Å². The van der Waals surface area contributed by atoms with Gasteiger partial charge in [0.1, 0.15) is 4.90 Å². The van der Waals surface area contributed by atoms with Crippen molar-refractivity contribution in [2.24, 2.45) is 44.8 Å². The van der Waals surface area contributed by atoms with Gasteiger partial charge in [0.25, 0.3) is 10.0 Å². The first-order valence-electron chi connectivity index (χ1n) is 22.9. The standard InChI is InChI=1S/C47H67N5O8S/c1-7-32-26-45(32,41(56)50-61(58,59)37-16-11-15-31-17-20-48-39(31)37)28-36(54)34-27-47(44(5,6)46(47)18-12-19-46)29-52(34)40(55)33(43(2,3)4)25-35(53)38(30-13-9-8-10-14-30)49-42(57)51-21-23-60-24-22-51/h11,15-17,20,30,32-34,38,48H,7-10,12-14,18-19,21-29H2,1-6H3,(H,49,57)(H,50,56)/t32-,33-,34+,38+,45-,47-/m1/s1. The minimum Gasteiger partial charge on any atom is -0.378 e. The lowest BCUT2D eigenvalue weighted by Gasteiger charge is -2.37. The maximum atomic E-state index is 15.4. The Bertz CT molecular complexity index is 2180. The van der Waals surface area contributed by atoms with Crippen LogP contribution in [0.2, 0.25) is 0 Å². The molecule has 8 rings (SSSR count). The third-order valence-corrected chi connectivity index (χ3v) is 18.4. The largest absolute Gasteiger partial charge is 0.378 e. The van der Waals surface area contributed by atoms with Crippen LogP contribution >= 0.6 is 0 Å². The number of urea groups is 1. The molecule has 6 aliphatic rings. The second-order valence-electron chi connectivity index (χ2n) is 21.1. The van der Waals surface area contributed by atoms with Crippen LogP contribution in [-0.4, -0.2) is 97.5 Å². The molecule has 1 aromatic carbocycles. The van der Waals surface area contributed by atoms with Gasteiger partial charge in [0, 0.05) is 55.4 Å². The molecule has 2 spiro atoms. The summed E-state index contributed by atoms with van der Waals surface area (Å²) in [5.41, 5.74) is -1.85. The van der Waals surface area contributed by atoms with E-state index >= 15 is 9.59 Å². The van der Waals surface area contributed by atoms with Crippen LogP contribution in [0, 0.1) is 44.8 Å². The summed E-state index contributed by atoms with van der Waals surface area (Å²) in [4.78, 5) is 79.3. The first kappa shape index (κ1) is 43.9. The van der Waals surface area contributed by atoms with Gasteiger partial charge in [-0.15, -0.1) is 0 Å². The van der Waals surface area contributed by atoms with Crippen molar-refractivity contribution in [2.75, 3.05) is 32.8 Å². The molecular formula is C47H67N5O8S. The summed E-state index contributed by atoms with van der Waals surface area (Å²) >= 11 is 0. The zero-order chi connectivity index (χ0) is 43.8. The number of H-pyrrole nitrogens is 1. The number of ether oxygens (including phenoxy) is 1. The lowest BCUT2D eigenvalue weighted by molar-refractivity contribution is -0.146. The molecule has 6 atom stereocenters. The number of sulfonamides is 1. The summed E-state index contributed by atoms with van der Waals surface area (Å²) < 4.78 is 35.4. The molecule has 0 unspecified atom stereocenters. The summed E-state index contributed by atoms with van der Waals surface area (Å²) in [5.74, 6) is -2.28. The fraction of sp³-hybridized carbons (Fsp3) is 0.723. The Kier molecular flexibility index (Phi) is 11.3. The lowest BCUT2D eigenvalue weighted by atomic mass is 9.73. The fourth-order valence-electron chi connectivity index (χ4n) is 12.8. The Labute approximate surface area is 361 Å². The van der Waals surface area contributed by atoms with Crippen LogP contribution in [0.1, 0.15) is 125 Å². The molecule has 4 saturated carbocycles. The van der Waals surface area contributed by atoms with Gasteiger partial charge >= 0.3 is 6.03 Å². The maximum Gasteiger partial charge on any atom is 0.318 e. The molecule has 3 N–H and O–H groups in total. The molecule has 61 heavy (non-hydrogen) atoms. The average molecular weight is 862 g/mol. The maximum absolute atomic E-state index is 15.4. The first-order valence-corrected chi connectivity index (χ1v) is 24.4. The normalized spacial score (nSPS) is 29.2. The molecule has 13 nitrogen and oxygen atoms in total. The lowest BCUT2D eigenvalue weighted by Crippen LogP contribution is -2.55. The predicted molar refractivity (Wildman–Crippen MR) is 231 cm³/mol. The summed E-state index contributed by atoms with van der Waals surface area (Å²) in [5, 5.41) is 3.81. The van der Waals surface area contributed by atoms with E-state index < -0.39 is 44.8 Å². The zero-order valence-corrected chi connectivity index (χ0v) is 37.9. The number of amides is 4. The number of carbonyl (C=O) groups is 5. The van der Waals surface area contributed by atoms with E-state index in [0.29, 0.717) is 63.0 Å². The van der Waals surface area contributed by atoms with E-state index in [0.717, 1.165) is 51.4 Å². The molecule has 0 radical (unpaired) electrons. The van der Waals surface area contributed by atoms with Crippen molar-refractivity contribution in [3.8, 4) is 0 Å².